The van der Waals surface area contributed by atoms with Crippen molar-refractivity contribution in [3.05, 3.63) is 58.2 Å². The van der Waals surface area contributed by atoms with Crippen molar-refractivity contribution in [2.45, 2.75) is 25.8 Å². The summed E-state index contributed by atoms with van der Waals surface area (Å²) in [4.78, 5) is 28.6. The predicted octanol–water partition coefficient (Wildman–Crippen LogP) is 4.35. The fraction of sp³-hybridized carbons (Fsp3) is 0.333. The first kappa shape index (κ1) is 19.7. The number of ketones is 1. The van der Waals surface area contributed by atoms with Gasteiger partial charge in [-0.2, -0.15) is 5.10 Å². The third kappa shape index (κ3) is 3.95. The molecule has 1 N–H and O–H groups in total. The summed E-state index contributed by atoms with van der Waals surface area (Å²) in [7, 11) is 0. The monoisotopic (exact) mass is 426 g/mol. The average Bonchev–Trinajstić information content (AvgIpc) is 3.42. The molecule has 1 aliphatic rings. The zero-order valence-corrected chi connectivity index (χ0v) is 17.7. The summed E-state index contributed by atoms with van der Waals surface area (Å²) < 4.78 is 2.22. The summed E-state index contributed by atoms with van der Waals surface area (Å²) in [5.41, 5.74) is 0.746. The maximum atomic E-state index is 13.2. The van der Waals surface area contributed by atoms with Crippen molar-refractivity contribution in [2.24, 2.45) is 5.92 Å². The molecular formula is C21H22N4O2S2. The van der Waals surface area contributed by atoms with Crippen molar-refractivity contribution in [1.82, 2.24) is 19.7 Å². The van der Waals surface area contributed by atoms with Gasteiger partial charge in [0, 0.05) is 24.6 Å². The molecule has 4 rings (SSSR count). The molecule has 0 spiro atoms. The van der Waals surface area contributed by atoms with Crippen LogP contribution in [0.3, 0.4) is 0 Å². The lowest BCUT2D eigenvalue weighted by Gasteiger charge is -2.33. The molecule has 1 unspecified atom stereocenters. The van der Waals surface area contributed by atoms with Crippen molar-refractivity contribution in [3.8, 4) is 10.7 Å². The van der Waals surface area contributed by atoms with E-state index in [0.29, 0.717) is 36.5 Å². The van der Waals surface area contributed by atoms with Crippen LogP contribution in [-0.4, -0.2) is 44.4 Å². The zero-order valence-electron chi connectivity index (χ0n) is 16.1. The number of H-pyrrole nitrogens is 1. The first-order valence-electron chi connectivity index (χ1n) is 9.65. The van der Waals surface area contributed by atoms with Gasteiger partial charge in [0.2, 0.25) is 5.91 Å². The van der Waals surface area contributed by atoms with Crippen LogP contribution in [0.2, 0.25) is 0 Å². The Morgan fingerprint density at radius 2 is 1.90 bits per heavy atom. The Bertz CT molecular complexity index is 1050. The van der Waals surface area contributed by atoms with Crippen molar-refractivity contribution >= 4 is 35.2 Å². The lowest BCUT2D eigenvalue weighted by Crippen LogP contribution is -2.43. The molecule has 1 saturated heterocycles. The Balaban J connectivity index is 1.45. The average molecular weight is 427 g/mol. The number of benzene rings is 1. The number of piperidine rings is 1. The van der Waals surface area contributed by atoms with Crippen molar-refractivity contribution in [2.75, 3.05) is 13.1 Å². The summed E-state index contributed by atoms with van der Waals surface area (Å²) in [5.74, 6) is 0.822. The Kier molecular flexibility index (Phi) is 5.73. The Hall–Kier alpha value is -2.58. The fourth-order valence-electron chi connectivity index (χ4n) is 3.82. The third-order valence-electron chi connectivity index (χ3n) is 5.43. The molecule has 3 aromatic rings. The number of rotatable bonds is 5. The number of hydrogen-bond donors (Lipinski definition) is 1. The summed E-state index contributed by atoms with van der Waals surface area (Å²) >= 11 is 6.94. The van der Waals surface area contributed by atoms with E-state index >= 15 is 0 Å². The summed E-state index contributed by atoms with van der Waals surface area (Å²) in [5, 5.41) is 9.10. The van der Waals surface area contributed by atoms with E-state index in [0.717, 1.165) is 10.4 Å². The number of nitrogens with one attached hydrogen (secondary N) is 1. The minimum atomic E-state index is -0.459. The number of hydrogen-bond acceptors (Lipinski definition) is 5. The van der Waals surface area contributed by atoms with Gasteiger partial charge in [-0.15, -0.1) is 11.3 Å². The summed E-state index contributed by atoms with van der Waals surface area (Å²) in [6, 6.07) is 12.8. The van der Waals surface area contributed by atoms with Gasteiger partial charge in [0.05, 0.1) is 4.88 Å². The molecular weight excluding hydrogens is 404 g/mol. The Morgan fingerprint density at radius 1 is 1.17 bits per heavy atom. The maximum absolute atomic E-state index is 13.2. The second kappa shape index (κ2) is 8.42. The largest absolute Gasteiger partial charge is 0.341 e. The number of Topliss-reactive ketones (excluding diaryl/α,β-unsaturated/α-hetero) is 1. The van der Waals surface area contributed by atoms with Gasteiger partial charge in [0.25, 0.3) is 0 Å². The highest BCUT2D eigenvalue weighted by Crippen LogP contribution is 2.28. The fourth-order valence-corrected chi connectivity index (χ4v) is 4.82. The topological polar surface area (TPSA) is 71.0 Å². The molecule has 150 valence electrons. The van der Waals surface area contributed by atoms with Crippen LogP contribution in [0.1, 0.15) is 36.2 Å². The number of carbonyl (C=O) groups excluding carboxylic acids is 2. The predicted molar refractivity (Wildman–Crippen MR) is 116 cm³/mol. The van der Waals surface area contributed by atoms with Gasteiger partial charge < -0.3 is 4.90 Å². The van der Waals surface area contributed by atoms with Crippen LogP contribution in [0.15, 0.2) is 47.8 Å². The smallest absolute Gasteiger partial charge is 0.245 e. The number of thiophene rings is 1. The van der Waals surface area contributed by atoms with Gasteiger partial charge in [-0.25, -0.2) is 0 Å². The van der Waals surface area contributed by atoms with E-state index in [4.69, 9.17) is 12.2 Å². The van der Waals surface area contributed by atoms with Crippen LogP contribution in [0.5, 0.6) is 0 Å². The third-order valence-corrected chi connectivity index (χ3v) is 6.58. The number of aromatic nitrogens is 3. The molecule has 1 aliphatic heterocycles. The number of carbonyl (C=O) groups is 2. The quantitative estimate of drug-likeness (QED) is 0.486. The van der Waals surface area contributed by atoms with Gasteiger partial charge in [0.15, 0.2) is 16.4 Å². The number of aromatic amines is 1. The Labute approximate surface area is 178 Å². The second-order valence-electron chi connectivity index (χ2n) is 7.21. The minimum Gasteiger partial charge on any atom is -0.341 e. The molecule has 1 atom stereocenters. The van der Waals surface area contributed by atoms with E-state index in [9.17, 15) is 9.59 Å². The van der Waals surface area contributed by atoms with E-state index in [-0.39, 0.29) is 17.6 Å². The lowest BCUT2D eigenvalue weighted by atomic mass is 9.88. The zero-order chi connectivity index (χ0) is 20.4. The van der Waals surface area contributed by atoms with Gasteiger partial charge in [-0.3, -0.25) is 19.3 Å². The molecule has 0 saturated carbocycles. The van der Waals surface area contributed by atoms with Gasteiger partial charge in [-0.1, -0.05) is 36.4 Å². The molecule has 6 nitrogen and oxygen atoms in total. The van der Waals surface area contributed by atoms with E-state index in [2.05, 4.69) is 10.2 Å². The normalized spacial score (nSPS) is 16.0. The van der Waals surface area contributed by atoms with Crippen LogP contribution in [0.4, 0.5) is 0 Å². The second-order valence-corrected chi connectivity index (χ2v) is 8.54. The van der Waals surface area contributed by atoms with Crippen LogP contribution in [0, 0.1) is 10.7 Å². The summed E-state index contributed by atoms with van der Waals surface area (Å²) in [6.45, 7) is 3.00. The Morgan fingerprint density at radius 3 is 2.55 bits per heavy atom. The molecule has 3 heterocycles. The number of amides is 1. The highest BCUT2D eigenvalue weighted by Gasteiger charge is 2.31. The van der Waals surface area contributed by atoms with Crippen LogP contribution in [-0.2, 0) is 4.79 Å². The van der Waals surface area contributed by atoms with Crippen LogP contribution in [0.25, 0.3) is 10.7 Å². The minimum absolute atomic E-state index is 0.00548. The SMILES string of the molecule is CC(C(=O)N1CCC(C(=O)c2ccccc2)CC1)n1c(-c2cccs2)n[nH]c1=S. The standard InChI is InChI=1S/C21H22N4O2S2/c1-14(25-19(22-23-21(25)28)17-8-5-13-29-17)20(27)24-11-9-16(10-12-24)18(26)15-6-3-2-4-7-15/h2-8,13-14,16H,9-12H2,1H3,(H,23,28). The molecule has 2 aromatic heterocycles. The van der Waals surface area contributed by atoms with Crippen molar-refractivity contribution in [3.63, 3.8) is 0 Å². The van der Waals surface area contributed by atoms with Gasteiger partial charge in [-0.05, 0) is 43.4 Å². The number of nitrogens with zero attached hydrogens (tertiary/aromatic N) is 3. The molecule has 1 amide bonds. The van der Waals surface area contributed by atoms with Crippen molar-refractivity contribution < 1.29 is 9.59 Å². The molecule has 1 fully saturated rings. The molecule has 0 bridgehead atoms. The highest BCUT2D eigenvalue weighted by atomic mass is 32.1. The van der Waals surface area contributed by atoms with Gasteiger partial charge >= 0.3 is 0 Å². The first-order valence-corrected chi connectivity index (χ1v) is 10.9. The van der Waals surface area contributed by atoms with Crippen LogP contribution < -0.4 is 0 Å². The highest BCUT2D eigenvalue weighted by molar-refractivity contribution is 7.71. The summed E-state index contributed by atoms with van der Waals surface area (Å²) in [6.07, 6.45) is 1.36. The van der Waals surface area contributed by atoms with Crippen molar-refractivity contribution in [1.29, 1.82) is 0 Å². The molecule has 8 heteroatoms. The van der Waals surface area contributed by atoms with Gasteiger partial charge in [0.1, 0.15) is 6.04 Å². The van der Waals surface area contributed by atoms with Crippen LogP contribution >= 0.6 is 23.6 Å². The molecule has 1 aromatic carbocycles. The lowest BCUT2D eigenvalue weighted by molar-refractivity contribution is -0.135. The molecule has 0 aliphatic carbocycles. The number of likely N-dealkylation sites (tertiary alicyclic amines) is 1. The van der Waals surface area contributed by atoms with E-state index in [1.54, 1.807) is 15.9 Å². The van der Waals surface area contributed by atoms with E-state index in [1.165, 1.54) is 0 Å². The molecule has 29 heavy (non-hydrogen) atoms. The van der Waals surface area contributed by atoms with E-state index in [1.807, 2.05) is 59.7 Å². The maximum Gasteiger partial charge on any atom is 0.245 e. The first-order chi connectivity index (χ1) is 14.1. The molecule has 0 radical (unpaired) electrons. The van der Waals surface area contributed by atoms with E-state index < -0.39 is 6.04 Å².